The number of likely N-dealkylation sites (tertiary alicyclic amines) is 1. The van der Waals surface area contributed by atoms with Crippen LogP contribution in [0, 0.1) is 12.8 Å². The van der Waals surface area contributed by atoms with Gasteiger partial charge in [-0.2, -0.15) is 0 Å². The maximum atomic E-state index is 12.4. The van der Waals surface area contributed by atoms with Crippen molar-refractivity contribution in [2.75, 3.05) is 25.4 Å². The van der Waals surface area contributed by atoms with E-state index in [0.29, 0.717) is 12.4 Å². The number of nitrogens with zero attached hydrogens (tertiary/aromatic N) is 2. The molecular weight excluding hydrogens is 332 g/mol. The second-order valence-electron chi connectivity index (χ2n) is 6.75. The second kappa shape index (κ2) is 8.09. The zero-order valence-electron chi connectivity index (χ0n) is 15.2. The van der Waals surface area contributed by atoms with E-state index in [1.54, 1.807) is 11.8 Å². The van der Waals surface area contributed by atoms with Crippen molar-refractivity contribution in [1.29, 1.82) is 0 Å². The smallest absolute Gasteiger partial charge is 0.232 e. The van der Waals surface area contributed by atoms with E-state index in [1.165, 1.54) is 0 Å². The summed E-state index contributed by atoms with van der Waals surface area (Å²) < 4.78 is 5.55. The van der Waals surface area contributed by atoms with Gasteiger partial charge in [0.05, 0.1) is 17.9 Å². The van der Waals surface area contributed by atoms with Crippen LogP contribution < -0.4 is 4.74 Å². The zero-order chi connectivity index (χ0) is 17.8. The minimum Gasteiger partial charge on any atom is -0.494 e. The highest BCUT2D eigenvalue weighted by atomic mass is 32.2. The Balaban J connectivity index is 1.67. The molecule has 1 fully saturated rings. The summed E-state index contributed by atoms with van der Waals surface area (Å²) in [7, 11) is 0. The number of rotatable bonds is 5. The van der Waals surface area contributed by atoms with Gasteiger partial charge >= 0.3 is 0 Å². The van der Waals surface area contributed by atoms with Crippen molar-refractivity contribution < 1.29 is 9.53 Å². The Morgan fingerprint density at radius 2 is 2.08 bits per heavy atom. The van der Waals surface area contributed by atoms with Crippen molar-refractivity contribution in [3.05, 3.63) is 29.8 Å². The molecule has 1 aliphatic heterocycles. The first kappa shape index (κ1) is 18.1. The molecule has 1 amide bonds. The molecule has 4 nitrogen and oxygen atoms in total. The maximum absolute atomic E-state index is 12.4. The number of amides is 1. The van der Waals surface area contributed by atoms with E-state index in [2.05, 4.69) is 19.9 Å². The first-order valence-corrected chi connectivity index (χ1v) is 10.00. The predicted octanol–water partition coefficient (Wildman–Crippen LogP) is 4.29. The van der Waals surface area contributed by atoms with E-state index in [9.17, 15) is 4.79 Å². The average molecular weight is 359 g/mol. The van der Waals surface area contributed by atoms with Gasteiger partial charge in [0.1, 0.15) is 10.8 Å². The number of hydrogen-bond acceptors (Lipinski definition) is 4. The molecular formula is C20H26N2O2S. The van der Waals surface area contributed by atoms with Gasteiger partial charge in [0.25, 0.3) is 0 Å². The minimum absolute atomic E-state index is 0.227. The lowest BCUT2D eigenvalue weighted by Gasteiger charge is -2.30. The second-order valence-corrected chi connectivity index (χ2v) is 7.71. The highest BCUT2D eigenvalue weighted by molar-refractivity contribution is 7.99. The number of carbonyl (C=O) groups is 1. The molecule has 0 bridgehead atoms. The van der Waals surface area contributed by atoms with Crippen LogP contribution >= 0.6 is 11.8 Å². The third kappa shape index (κ3) is 4.46. The first-order valence-electron chi connectivity index (χ1n) is 9.01. The number of thioether (sulfide) groups is 1. The Bertz CT molecular complexity index is 755. The van der Waals surface area contributed by atoms with Crippen molar-refractivity contribution >= 4 is 28.6 Å². The number of ether oxygens (including phenoxy) is 1. The maximum Gasteiger partial charge on any atom is 0.232 e. The van der Waals surface area contributed by atoms with Crippen LogP contribution in [-0.2, 0) is 4.79 Å². The quantitative estimate of drug-likeness (QED) is 0.748. The highest BCUT2D eigenvalue weighted by Crippen LogP contribution is 2.27. The molecule has 1 aliphatic rings. The number of aromatic nitrogens is 1. The third-order valence-corrected chi connectivity index (χ3v) is 5.79. The van der Waals surface area contributed by atoms with Gasteiger partial charge in [-0.1, -0.05) is 18.7 Å². The molecule has 0 N–H and O–H groups in total. The summed E-state index contributed by atoms with van der Waals surface area (Å²) in [5.74, 6) is 2.30. The van der Waals surface area contributed by atoms with Crippen molar-refractivity contribution in [3.63, 3.8) is 0 Å². The van der Waals surface area contributed by atoms with Crippen molar-refractivity contribution in [2.24, 2.45) is 5.92 Å². The molecule has 5 heteroatoms. The van der Waals surface area contributed by atoms with Gasteiger partial charge in [0.15, 0.2) is 0 Å². The summed E-state index contributed by atoms with van der Waals surface area (Å²) in [6.45, 7) is 8.73. The van der Waals surface area contributed by atoms with Crippen LogP contribution in [0.25, 0.3) is 10.9 Å². The van der Waals surface area contributed by atoms with E-state index in [0.717, 1.165) is 59.1 Å². The van der Waals surface area contributed by atoms with E-state index < -0.39 is 0 Å². The molecule has 0 radical (unpaired) electrons. The fraction of sp³-hybridized carbons (Fsp3) is 0.500. The van der Waals surface area contributed by atoms with E-state index in [1.807, 2.05) is 30.0 Å². The molecule has 0 atom stereocenters. The van der Waals surface area contributed by atoms with Gasteiger partial charge in [-0.3, -0.25) is 4.79 Å². The number of aryl methyl sites for hydroxylation is 1. The molecule has 2 aromatic rings. The number of benzene rings is 1. The van der Waals surface area contributed by atoms with Crippen LogP contribution in [0.1, 0.15) is 32.3 Å². The lowest BCUT2D eigenvalue weighted by Crippen LogP contribution is -2.38. The Kier molecular flexibility index (Phi) is 5.84. The number of piperidine rings is 1. The molecule has 25 heavy (non-hydrogen) atoms. The van der Waals surface area contributed by atoms with E-state index >= 15 is 0 Å². The topological polar surface area (TPSA) is 42.4 Å². The zero-order valence-corrected chi connectivity index (χ0v) is 16.1. The lowest BCUT2D eigenvalue weighted by molar-refractivity contribution is -0.129. The molecule has 0 spiro atoms. The van der Waals surface area contributed by atoms with Gasteiger partial charge in [0, 0.05) is 18.5 Å². The highest BCUT2D eigenvalue weighted by Gasteiger charge is 2.20. The Labute approximate surface area is 153 Å². The van der Waals surface area contributed by atoms with Crippen LogP contribution in [0.15, 0.2) is 29.3 Å². The summed E-state index contributed by atoms with van der Waals surface area (Å²) in [6, 6.07) is 8.08. The van der Waals surface area contributed by atoms with Gasteiger partial charge in [-0.05, 0) is 62.4 Å². The van der Waals surface area contributed by atoms with Crippen LogP contribution in [0.3, 0.4) is 0 Å². The standard InChI is InChI=1S/C20H26N2O2S/c1-4-24-17-5-6-18-16(12-17)11-15(3)20(21-18)25-13-19(23)22-9-7-14(2)8-10-22/h5-6,11-12,14H,4,7-10,13H2,1-3H3. The summed E-state index contributed by atoms with van der Waals surface area (Å²) in [4.78, 5) is 19.2. The normalized spacial score (nSPS) is 15.6. The van der Waals surface area contributed by atoms with Gasteiger partial charge in [-0.25, -0.2) is 4.98 Å². The van der Waals surface area contributed by atoms with Crippen LogP contribution in [0.2, 0.25) is 0 Å². The van der Waals surface area contributed by atoms with Gasteiger partial charge < -0.3 is 9.64 Å². The fourth-order valence-electron chi connectivity index (χ4n) is 3.12. The van der Waals surface area contributed by atoms with E-state index in [-0.39, 0.29) is 5.91 Å². The van der Waals surface area contributed by atoms with E-state index in [4.69, 9.17) is 9.72 Å². The van der Waals surface area contributed by atoms with Gasteiger partial charge in [-0.15, -0.1) is 0 Å². The number of pyridine rings is 1. The monoisotopic (exact) mass is 358 g/mol. The van der Waals surface area contributed by atoms with Crippen molar-refractivity contribution in [1.82, 2.24) is 9.88 Å². The molecule has 1 aromatic heterocycles. The number of hydrogen-bond donors (Lipinski definition) is 0. The lowest BCUT2D eigenvalue weighted by atomic mass is 9.99. The molecule has 0 unspecified atom stereocenters. The molecule has 0 saturated carbocycles. The van der Waals surface area contributed by atoms with Crippen LogP contribution in [0.5, 0.6) is 5.75 Å². The van der Waals surface area contributed by atoms with Crippen LogP contribution in [0.4, 0.5) is 0 Å². The Hall–Kier alpha value is -1.75. The third-order valence-electron chi connectivity index (χ3n) is 4.71. The molecule has 2 heterocycles. The molecule has 0 aliphatic carbocycles. The molecule has 1 saturated heterocycles. The summed E-state index contributed by atoms with van der Waals surface area (Å²) in [5, 5.41) is 2.01. The average Bonchev–Trinajstić information content (AvgIpc) is 2.60. The first-order chi connectivity index (χ1) is 12.1. The van der Waals surface area contributed by atoms with Crippen molar-refractivity contribution in [3.8, 4) is 5.75 Å². The SMILES string of the molecule is CCOc1ccc2nc(SCC(=O)N3CCC(C)CC3)c(C)cc2c1. The Morgan fingerprint density at radius 3 is 2.80 bits per heavy atom. The molecule has 1 aromatic carbocycles. The fourth-order valence-corrected chi connectivity index (χ4v) is 4.02. The number of fused-ring (bicyclic) bond motifs is 1. The largest absolute Gasteiger partial charge is 0.494 e. The summed E-state index contributed by atoms with van der Waals surface area (Å²) in [6.07, 6.45) is 2.23. The molecule has 134 valence electrons. The summed E-state index contributed by atoms with van der Waals surface area (Å²) in [5.41, 5.74) is 2.04. The molecule has 3 rings (SSSR count). The predicted molar refractivity (Wildman–Crippen MR) is 103 cm³/mol. The van der Waals surface area contributed by atoms with Gasteiger partial charge in [0.2, 0.25) is 5.91 Å². The Morgan fingerprint density at radius 1 is 1.32 bits per heavy atom. The summed E-state index contributed by atoms with van der Waals surface area (Å²) >= 11 is 1.55. The van der Waals surface area contributed by atoms with Crippen molar-refractivity contribution in [2.45, 2.75) is 38.6 Å². The minimum atomic E-state index is 0.227. The number of carbonyl (C=O) groups excluding carboxylic acids is 1. The van der Waals surface area contributed by atoms with Crippen LogP contribution in [-0.4, -0.2) is 41.2 Å².